The molecule has 1 aromatic carbocycles. The summed E-state index contributed by atoms with van der Waals surface area (Å²) in [5.41, 5.74) is 10.4. The number of halogens is 1. The van der Waals surface area contributed by atoms with E-state index in [0.29, 0.717) is 18.7 Å². The summed E-state index contributed by atoms with van der Waals surface area (Å²) in [4.78, 5) is 21.2. The lowest BCUT2D eigenvalue weighted by molar-refractivity contribution is 0.1000. The normalized spacial score (nSPS) is 10.1. The minimum Gasteiger partial charge on any atom is -0.366 e. The molecule has 0 saturated heterocycles. The molecule has 0 aromatic heterocycles. The Morgan fingerprint density at radius 3 is 2.50 bits per heavy atom. The van der Waals surface area contributed by atoms with Crippen molar-refractivity contribution < 1.29 is 14.0 Å². The molecule has 18 heavy (non-hydrogen) atoms. The minimum atomic E-state index is -0.668. The monoisotopic (exact) mass is 254 g/mol. The van der Waals surface area contributed by atoms with Gasteiger partial charge in [-0.3, -0.25) is 4.79 Å². The van der Waals surface area contributed by atoms with Crippen molar-refractivity contribution in [2.75, 3.05) is 13.1 Å². The standard InChI is InChI=1S/C11H15FN4O2/c12-9-5-7(10(13)17)1-2-8(9)6-15-3-4-16-11(14)18/h1-2,5,15H,3-4,6H2,(H2,13,17)(H3,14,16,18). The Balaban J connectivity index is 2.43. The Hall–Kier alpha value is -2.15. The van der Waals surface area contributed by atoms with Crippen LogP contribution in [0.3, 0.4) is 0 Å². The predicted molar refractivity (Wildman–Crippen MR) is 64.2 cm³/mol. The molecule has 0 aliphatic carbocycles. The van der Waals surface area contributed by atoms with Crippen molar-refractivity contribution in [3.63, 3.8) is 0 Å². The van der Waals surface area contributed by atoms with E-state index in [0.717, 1.165) is 6.07 Å². The number of amides is 3. The maximum absolute atomic E-state index is 13.5. The molecule has 0 spiro atoms. The van der Waals surface area contributed by atoms with Gasteiger partial charge in [-0.25, -0.2) is 9.18 Å². The maximum atomic E-state index is 13.5. The maximum Gasteiger partial charge on any atom is 0.312 e. The van der Waals surface area contributed by atoms with Crippen molar-refractivity contribution in [3.05, 3.63) is 35.1 Å². The van der Waals surface area contributed by atoms with E-state index in [4.69, 9.17) is 11.5 Å². The van der Waals surface area contributed by atoms with Crippen LogP contribution < -0.4 is 22.1 Å². The number of nitrogens with two attached hydrogens (primary N) is 2. The first-order valence-corrected chi connectivity index (χ1v) is 5.33. The van der Waals surface area contributed by atoms with Crippen LogP contribution in [0, 0.1) is 5.82 Å². The van der Waals surface area contributed by atoms with Crippen LogP contribution in [-0.2, 0) is 6.54 Å². The van der Waals surface area contributed by atoms with E-state index in [1.165, 1.54) is 12.1 Å². The summed E-state index contributed by atoms with van der Waals surface area (Å²) in [6.45, 7) is 1.10. The largest absolute Gasteiger partial charge is 0.366 e. The molecule has 7 heteroatoms. The van der Waals surface area contributed by atoms with E-state index < -0.39 is 17.8 Å². The Kier molecular flexibility index (Phi) is 5.06. The lowest BCUT2D eigenvalue weighted by atomic mass is 10.1. The highest BCUT2D eigenvalue weighted by molar-refractivity contribution is 5.92. The summed E-state index contributed by atoms with van der Waals surface area (Å²) < 4.78 is 13.5. The zero-order valence-electron chi connectivity index (χ0n) is 9.70. The van der Waals surface area contributed by atoms with Gasteiger partial charge >= 0.3 is 6.03 Å². The van der Waals surface area contributed by atoms with Gasteiger partial charge in [0.15, 0.2) is 0 Å². The second kappa shape index (κ2) is 6.55. The first-order valence-electron chi connectivity index (χ1n) is 5.33. The Labute approximate surface area is 104 Å². The predicted octanol–water partition coefficient (Wildman–Crippen LogP) is -0.318. The molecular weight excluding hydrogens is 239 g/mol. The minimum absolute atomic E-state index is 0.131. The summed E-state index contributed by atoms with van der Waals surface area (Å²) in [5, 5.41) is 5.31. The van der Waals surface area contributed by atoms with Crippen molar-refractivity contribution in [2.45, 2.75) is 6.54 Å². The number of nitrogens with one attached hydrogen (secondary N) is 2. The van der Waals surface area contributed by atoms with Crippen molar-refractivity contribution >= 4 is 11.9 Å². The molecule has 98 valence electrons. The number of primary amides is 2. The molecule has 0 radical (unpaired) electrons. The highest BCUT2D eigenvalue weighted by Crippen LogP contribution is 2.09. The molecule has 0 saturated carbocycles. The Morgan fingerprint density at radius 1 is 1.22 bits per heavy atom. The number of carbonyl (C=O) groups excluding carboxylic acids is 2. The molecule has 0 bridgehead atoms. The van der Waals surface area contributed by atoms with Crippen LogP contribution in [0.1, 0.15) is 15.9 Å². The van der Waals surface area contributed by atoms with Crippen LogP contribution in [0.25, 0.3) is 0 Å². The summed E-state index contributed by atoms with van der Waals surface area (Å²) in [5.74, 6) is -1.17. The van der Waals surface area contributed by atoms with Crippen molar-refractivity contribution in [1.29, 1.82) is 0 Å². The van der Waals surface area contributed by atoms with Crippen LogP contribution >= 0.6 is 0 Å². The van der Waals surface area contributed by atoms with Gasteiger partial charge in [0, 0.05) is 30.8 Å². The van der Waals surface area contributed by atoms with Gasteiger partial charge in [-0.1, -0.05) is 6.07 Å². The fourth-order valence-electron chi connectivity index (χ4n) is 1.34. The van der Waals surface area contributed by atoms with Crippen molar-refractivity contribution in [2.24, 2.45) is 11.5 Å². The third-order valence-electron chi connectivity index (χ3n) is 2.25. The van der Waals surface area contributed by atoms with E-state index in [2.05, 4.69) is 10.6 Å². The molecule has 0 unspecified atom stereocenters. The highest BCUT2D eigenvalue weighted by atomic mass is 19.1. The van der Waals surface area contributed by atoms with Crippen molar-refractivity contribution in [3.8, 4) is 0 Å². The van der Waals surface area contributed by atoms with E-state index >= 15 is 0 Å². The van der Waals surface area contributed by atoms with Crippen LogP contribution in [0.15, 0.2) is 18.2 Å². The van der Waals surface area contributed by atoms with Gasteiger partial charge in [0.25, 0.3) is 0 Å². The topological polar surface area (TPSA) is 110 Å². The fraction of sp³-hybridized carbons (Fsp3) is 0.273. The Morgan fingerprint density at radius 2 is 1.94 bits per heavy atom. The van der Waals surface area contributed by atoms with Crippen LogP contribution in [0.4, 0.5) is 9.18 Å². The Bertz CT molecular complexity index is 451. The quantitative estimate of drug-likeness (QED) is 0.522. The molecule has 0 aliphatic heterocycles. The van der Waals surface area contributed by atoms with E-state index in [-0.39, 0.29) is 12.1 Å². The zero-order chi connectivity index (χ0) is 13.5. The first kappa shape index (κ1) is 13.9. The number of rotatable bonds is 6. The molecule has 0 atom stereocenters. The number of carbonyl (C=O) groups is 2. The SMILES string of the molecule is NC(=O)NCCNCc1ccc(C(N)=O)cc1F. The van der Waals surface area contributed by atoms with E-state index in [1.54, 1.807) is 0 Å². The summed E-state index contributed by atoms with van der Waals surface area (Å²) >= 11 is 0. The third kappa shape index (κ3) is 4.38. The van der Waals surface area contributed by atoms with Gasteiger partial charge in [0.05, 0.1) is 0 Å². The van der Waals surface area contributed by atoms with Gasteiger partial charge in [0.1, 0.15) is 5.82 Å². The number of hydrogen-bond acceptors (Lipinski definition) is 3. The molecule has 0 aliphatic rings. The molecule has 3 amide bonds. The lowest BCUT2D eigenvalue weighted by Crippen LogP contribution is -2.35. The van der Waals surface area contributed by atoms with Crippen LogP contribution in [-0.4, -0.2) is 25.0 Å². The van der Waals surface area contributed by atoms with Gasteiger partial charge in [-0.2, -0.15) is 0 Å². The molecule has 1 aromatic rings. The fourth-order valence-corrected chi connectivity index (χ4v) is 1.34. The summed E-state index contributed by atoms with van der Waals surface area (Å²) in [6, 6.07) is 3.45. The van der Waals surface area contributed by atoms with Gasteiger partial charge in [-0.15, -0.1) is 0 Å². The van der Waals surface area contributed by atoms with Crippen LogP contribution in [0.5, 0.6) is 0 Å². The summed E-state index contributed by atoms with van der Waals surface area (Å²) in [7, 11) is 0. The average Bonchev–Trinajstić information content (AvgIpc) is 2.29. The van der Waals surface area contributed by atoms with Gasteiger partial charge in [0.2, 0.25) is 5.91 Å². The second-order valence-electron chi connectivity index (χ2n) is 3.64. The first-order chi connectivity index (χ1) is 8.50. The highest BCUT2D eigenvalue weighted by Gasteiger charge is 2.06. The molecule has 1 rings (SSSR count). The number of benzene rings is 1. The van der Waals surface area contributed by atoms with Crippen LogP contribution in [0.2, 0.25) is 0 Å². The molecule has 6 nitrogen and oxygen atoms in total. The second-order valence-corrected chi connectivity index (χ2v) is 3.64. The lowest BCUT2D eigenvalue weighted by Gasteiger charge is -2.07. The number of hydrogen-bond donors (Lipinski definition) is 4. The molecule has 6 N–H and O–H groups in total. The van der Waals surface area contributed by atoms with Crippen molar-refractivity contribution in [1.82, 2.24) is 10.6 Å². The zero-order valence-corrected chi connectivity index (χ0v) is 9.70. The average molecular weight is 254 g/mol. The molecular formula is C11H15FN4O2. The van der Waals surface area contributed by atoms with Gasteiger partial charge in [-0.05, 0) is 12.1 Å². The summed E-state index contributed by atoms with van der Waals surface area (Å²) in [6.07, 6.45) is 0. The molecule has 0 heterocycles. The molecule has 0 fully saturated rings. The smallest absolute Gasteiger partial charge is 0.312 e. The van der Waals surface area contributed by atoms with E-state index in [1.807, 2.05) is 0 Å². The van der Waals surface area contributed by atoms with E-state index in [9.17, 15) is 14.0 Å². The number of urea groups is 1. The van der Waals surface area contributed by atoms with Gasteiger partial charge < -0.3 is 22.1 Å². The third-order valence-corrected chi connectivity index (χ3v) is 2.25.